The molecule has 0 aliphatic carbocycles. The molecule has 5 N–H and O–H groups in total. The van der Waals surface area contributed by atoms with Crippen molar-refractivity contribution in [1.82, 2.24) is 19.9 Å². The van der Waals surface area contributed by atoms with Gasteiger partial charge >= 0.3 is 0 Å². The number of nitrogen functional groups attached to an aromatic ring is 1. The first-order valence-corrected chi connectivity index (χ1v) is 11.3. The monoisotopic (exact) mass is 456 g/mol. The van der Waals surface area contributed by atoms with Crippen LogP contribution in [0.15, 0.2) is 61.1 Å². The third kappa shape index (κ3) is 4.82. The van der Waals surface area contributed by atoms with Gasteiger partial charge in [-0.3, -0.25) is 0 Å². The number of nitrogens with zero attached hydrogens (tertiary/aromatic N) is 2. The molecule has 0 spiro atoms. The number of H-pyrrole nitrogens is 2. The topological polar surface area (TPSA) is 114 Å². The van der Waals surface area contributed by atoms with E-state index in [-0.39, 0.29) is 5.95 Å². The minimum atomic E-state index is 0.261. The maximum absolute atomic E-state index is 5.89. The van der Waals surface area contributed by atoms with E-state index in [1.54, 1.807) is 13.3 Å². The van der Waals surface area contributed by atoms with Crippen LogP contribution in [0.2, 0.25) is 0 Å². The molecule has 0 aliphatic rings. The van der Waals surface area contributed by atoms with E-state index in [1.807, 2.05) is 24.5 Å². The van der Waals surface area contributed by atoms with Crippen molar-refractivity contribution in [1.29, 1.82) is 0 Å². The zero-order chi connectivity index (χ0) is 23.3. The van der Waals surface area contributed by atoms with Crippen LogP contribution in [0.1, 0.15) is 16.7 Å². The van der Waals surface area contributed by atoms with Crippen LogP contribution in [-0.2, 0) is 17.6 Å². The van der Waals surface area contributed by atoms with Gasteiger partial charge < -0.3 is 30.5 Å². The van der Waals surface area contributed by atoms with Crippen LogP contribution < -0.4 is 15.8 Å². The van der Waals surface area contributed by atoms with Gasteiger partial charge in [0.25, 0.3) is 0 Å². The van der Waals surface area contributed by atoms with E-state index in [4.69, 9.17) is 15.2 Å². The van der Waals surface area contributed by atoms with Gasteiger partial charge in [0.15, 0.2) is 0 Å². The van der Waals surface area contributed by atoms with Gasteiger partial charge in [-0.1, -0.05) is 6.07 Å². The molecule has 34 heavy (non-hydrogen) atoms. The molecule has 5 aromatic rings. The maximum Gasteiger partial charge on any atom is 0.221 e. The minimum Gasteiger partial charge on any atom is -0.491 e. The number of nitrogens with one attached hydrogen (secondary N) is 3. The number of hydrogen-bond donors (Lipinski definition) is 4. The fraction of sp³-hybridized carbons (Fsp3) is 0.231. The lowest BCUT2D eigenvalue weighted by Gasteiger charge is -2.12. The van der Waals surface area contributed by atoms with Crippen molar-refractivity contribution in [2.75, 3.05) is 37.9 Å². The molecule has 0 fully saturated rings. The number of methoxy groups -OCH3 is 1. The van der Waals surface area contributed by atoms with Crippen molar-refractivity contribution in [3.8, 4) is 5.75 Å². The smallest absolute Gasteiger partial charge is 0.221 e. The van der Waals surface area contributed by atoms with Gasteiger partial charge in [-0.15, -0.1) is 0 Å². The van der Waals surface area contributed by atoms with Crippen molar-refractivity contribution in [3.05, 3.63) is 77.7 Å². The second-order valence-corrected chi connectivity index (χ2v) is 8.22. The molecule has 0 saturated carbocycles. The molecule has 0 amide bonds. The van der Waals surface area contributed by atoms with Crippen LogP contribution in [0.4, 0.5) is 11.8 Å². The summed E-state index contributed by atoms with van der Waals surface area (Å²) in [7, 11) is 1.67. The van der Waals surface area contributed by atoms with Crippen LogP contribution in [0.25, 0.3) is 21.8 Å². The third-order valence-corrected chi connectivity index (χ3v) is 5.88. The van der Waals surface area contributed by atoms with E-state index in [9.17, 15) is 0 Å². The van der Waals surface area contributed by atoms with E-state index in [1.165, 1.54) is 16.5 Å². The Hall–Kier alpha value is -4.04. The Morgan fingerprint density at radius 1 is 1.00 bits per heavy atom. The maximum atomic E-state index is 5.89. The first-order valence-electron chi connectivity index (χ1n) is 11.3. The van der Waals surface area contributed by atoms with Crippen molar-refractivity contribution in [3.63, 3.8) is 0 Å². The fourth-order valence-corrected chi connectivity index (χ4v) is 4.15. The summed E-state index contributed by atoms with van der Waals surface area (Å²) in [5.74, 6) is 1.87. The lowest BCUT2D eigenvalue weighted by Crippen LogP contribution is -2.11. The van der Waals surface area contributed by atoms with Crippen molar-refractivity contribution >= 4 is 33.6 Å². The van der Waals surface area contributed by atoms with Crippen LogP contribution in [-0.4, -0.2) is 46.8 Å². The number of ether oxygens (including phenoxy) is 2. The average molecular weight is 457 g/mol. The second kappa shape index (κ2) is 9.84. The van der Waals surface area contributed by atoms with Gasteiger partial charge in [-0.25, -0.2) is 4.98 Å². The number of aromatic nitrogens is 4. The molecule has 0 unspecified atom stereocenters. The first kappa shape index (κ1) is 21.8. The van der Waals surface area contributed by atoms with Crippen LogP contribution >= 0.6 is 0 Å². The van der Waals surface area contributed by atoms with Crippen LogP contribution in [0.5, 0.6) is 5.75 Å². The van der Waals surface area contributed by atoms with Gasteiger partial charge in [-0.05, 0) is 59.3 Å². The molecule has 5 rings (SSSR count). The fourth-order valence-electron chi connectivity index (χ4n) is 4.15. The van der Waals surface area contributed by atoms with Crippen molar-refractivity contribution < 1.29 is 9.47 Å². The molecular formula is C26H28N6O2. The van der Waals surface area contributed by atoms with Crippen LogP contribution in [0, 0.1) is 0 Å². The molecular weight excluding hydrogens is 428 g/mol. The molecule has 2 aromatic carbocycles. The Morgan fingerprint density at radius 2 is 1.91 bits per heavy atom. The van der Waals surface area contributed by atoms with Crippen molar-refractivity contribution in [2.45, 2.75) is 12.8 Å². The molecule has 0 atom stereocenters. The number of hydrogen-bond acceptors (Lipinski definition) is 6. The summed E-state index contributed by atoms with van der Waals surface area (Å²) in [5.41, 5.74) is 11.5. The summed E-state index contributed by atoms with van der Waals surface area (Å²) in [5, 5.41) is 5.81. The van der Waals surface area contributed by atoms with Gasteiger partial charge in [0.05, 0.1) is 6.61 Å². The molecule has 0 bridgehead atoms. The van der Waals surface area contributed by atoms with Crippen molar-refractivity contribution in [2.24, 2.45) is 0 Å². The highest BCUT2D eigenvalue weighted by Gasteiger charge is 2.10. The van der Waals surface area contributed by atoms with Gasteiger partial charge in [0.1, 0.15) is 18.2 Å². The summed E-state index contributed by atoms with van der Waals surface area (Å²) < 4.78 is 10.8. The Bertz CT molecular complexity index is 1410. The highest BCUT2D eigenvalue weighted by molar-refractivity contribution is 5.84. The number of anilines is 2. The minimum absolute atomic E-state index is 0.261. The average Bonchev–Trinajstić information content (AvgIpc) is 3.47. The predicted molar refractivity (Wildman–Crippen MR) is 135 cm³/mol. The van der Waals surface area contributed by atoms with E-state index in [0.29, 0.717) is 19.8 Å². The Labute approximate surface area is 197 Å². The molecule has 0 aliphatic heterocycles. The third-order valence-electron chi connectivity index (χ3n) is 5.88. The van der Waals surface area contributed by atoms with Crippen LogP contribution in [0.3, 0.4) is 0 Å². The molecule has 8 nitrogen and oxygen atoms in total. The summed E-state index contributed by atoms with van der Waals surface area (Å²) in [6.07, 6.45) is 7.35. The molecule has 3 aromatic heterocycles. The summed E-state index contributed by atoms with van der Waals surface area (Å²) >= 11 is 0. The number of benzene rings is 2. The van der Waals surface area contributed by atoms with E-state index < -0.39 is 0 Å². The van der Waals surface area contributed by atoms with Gasteiger partial charge in [-0.2, -0.15) is 4.98 Å². The summed E-state index contributed by atoms with van der Waals surface area (Å²) in [4.78, 5) is 15.3. The molecule has 3 heterocycles. The van der Waals surface area contributed by atoms with E-state index in [0.717, 1.165) is 46.4 Å². The molecule has 0 saturated heterocycles. The zero-order valence-electron chi connectivity index (χ0n) is 19.1. The molecule has 8 heteroatoms. The second-order valence-electron chi connectivity index (χ2n) is 8.22. The lowest BCUT2D eigenvalue weighted by molar-refractivity contribution is 0.146. The predicted octanol–water partition coefficient (Wildman–Crippen LogP) is 4.29. The lowest BCUT2D eigenvalue weighted by atomic mass is 10.0. The quantitative estimate of drug-likeness (QED) is 0.233. The summed E-state index contributed by atoms with van der Waals surface area (Å²) in [6, 6.07) is 14.6. The largest absolute Gasteiger partial charge is 0.491 e. The molecule has 0 radical (unpaired) electrons. The SMILES string of the molecule is COCCOc1ccc2[nH]cc(CCNc3nc(N)ncc3Cc3ccc4[nH]ccc4c3)c2c1. The first-order chi connectivity index (χ1) is 16.7. The van der Waals surface area contributed by atoms with E-state index >= 15 is 0 Å². The van der Waals surface area contributed by atoms with Gasteiger partial charge in [0.2, 0.25) is 5.95 Å². The summed E-state index contributed by atoms with van der Waals surface area (Å²) in [6.45, 7) is 1.80. The number of nitrogens with two attached hydrogens (primary N) is 1. The normalized spacial score (nSPS) is 11.3. The Balaban J connectivity index is 1.28. The highest BCUT2D eigenvalue weighted by atomic mass is 16.5. The highest BCUT2D eigenvalue weighted by Crippen LogP contribution is 2.25. The molecule has 174 valence electrons. The zero-order valence-corrected chi connectivity index (χ0v) is 19.1. The number of aromatic amines is 2. The Kier molecular flexibility index (Phi) is 6.31. The Morgan fingerprint density at radius 3 is 2.82 bits per heavy atom. The van der Waals surface area contributed by atoms with E-state index in [2.05, 4.69) is 55.6 Å². The van der Waals surface area contributed by atoms with Gasteiger partial charge in [0, 0.05) is 60.6 Å². The standard InChI is InChI=1S/C26H28N6O2/c1-33-10-11-34-21-3-5-24-22(14-21)19(15-30-24)7-9-29-25-20(16-31-26(27)32-25)13-17-2-4-23-18(12-17)6-8-28-23/h2-6,8,12,14-16,28,30H,7,9-11,13H2,1H3,(H3,27,29,31,32). The number of rotatable bonds is 10. The number of fused-ring (bicyclic) bond motifs is 2.